The number of pyridine rings is 1. The summed E-state index contributed by atoms with van der Waals surface area (Å²) in [5.74, 6) is 1.00. The Morgan fingerprint density at radius 2 is 1.92 bits per heavy atom. The number of benzene rings is 1. The molecule has 3 rings (SSSR count). The van der Waals surface area contributed by atoms with Crippen LogP contribution in [0.5, 0.6) is 0 Å². The molecule has 1 aromatic heterocycles. The van der Waals surface area contributed by atoms with Crippen LogP contribution in [0.4, 0.5) is 0 Å². The van der Waals surface area contributed by atoms with Crippen molar-refractivity contribution in [2.75, 3.05) is 18.6 Å². The number of thioether (sulfide) groups is 1. The van der Waals surface area contributed by atoms with Crippen LogP contribution in [-0.4, -0.2) is 42.8 Å². The summed E-state index contributed by atoms with van der Waals surface area (Å²) in [6.45, 7) is 4.90. The maximum atomic E-state index is 12.3. The molecule has 0 spiro atoms. The first-order chi connectivity index (χ1) is 12.3. The third kappa shape index (κ3) is 3.94. The zero-order valence-corrected chi connectivity index (χ0v) is 16.7. The quantitative estimate of drug-likeness (QED) is 0.783. The molecule has 1 atom stereocenters. The number of amides is 1. The second-order valence-electron chi connectivity index (χ2n) is 6.86. The van der Waals surface area contributed by atoms with Gasteiger partial charge < -0.3 is 4.90 Å². The van der Waals surface area contributed by atoms with Gasteiger partial charge in [0.2, 0.25) is 5.91 Å². The van der Waals surface area contributed by atoms with Gasteiger partial charge in [-0.3, -0.25) is 9.78 Å². The van der Waals surface area contributed by atoms with Crippen molar-refractivity contribution in [1.29, 1.82) is 0 Å². The molecule has 5 nitrogen and oxygen atoms in total. The Hall–Kier alpha value is -1.86. The molecule has 0 bridgehead atoms. The molecule has 1 saturated heterocycles. The Morgan fingerprint density at radius 3 is 2.54 bits per heavy atom. The molecule has 0 N–H and O–H groups in total. The van der Waals surface area contributed by atoms with Crippen molar-refractivity contribution < 1.29 is 13.2 Å². The van der Waals surface area contributed by atoms with E-state index >= 15 is 0 Å². The Labute approximate surface area is 158 Å². The van der Waals surface area contributed by atoms with Crippen LogP contribution in [0.3, 0.4) is 0 Å². The van der Waals surface area contributed by atoms with E-state index in [2.05, 4.69) is 18.8 Å². The van der Waals surface area contributed by atoms with E-state index in [4.69, 9.17) is 0 Å². The Bertz CT molecular complexity index is 909. The van der Waals surface area contributed by atoms with Crippen LogP contribution in [-0.2, 0) is 14.6 Å². The average Bonchev–Trinajstić information content (AvgIpc) is 2.94. The smallest absolute Gasteiger partial charge is 0.233 e. The fourth-order valence-electron chi connectivity index (χ4n) is 3.05. The lowest BCUT2D eigenvalue weighted by molar-refractivity contribution is -0.128. The van der Waals surface area contributed by atoms with Gasteiger partial charge in [0.1, 0.15) is 5.37 Å². The fraction of sp³-hybridized carbons (Fsp3) is 0.368. The Balaban J connectivity index is 2.00. The lowest BCUT2D eigenvalue weighted by Gasteiger charge is -2.27. The molecule has 1 fully saturated rings. The molecule has 138 valence electrons. The van der Waals surface area contributed by atoms with Crippen LogP contribution in [0.25, 0.3) is 11.1 Å². The van der Waals surface area contributed by atoms with Crippen molar-refractivity contribution in [3.63, 3.8) is 0 Å². The molecule has 2 aromatic rings. The highest BCUT2D eigenvalue weighted by Crippen LogP contribution is 2.42. The largest absolute Gasteiger partial charge is 0.325 e. The SMILES string of the molecule is CC(C)CN1C(=O)CSC1c1cnccc1-c1ccc(S(C)(=O)=O)cc1. The van der Waals surface area contributed by atoms with Gasteiger partial charge in [-0.1, -0.05) is 26.0 Å². The Kier molecular flexibility index (Phi) is 5.39. The predicted octanol–water partition coefficient (Wildman–Crippen LogP) is 3.38. The number of sulfone groups is 1. The summed E-state index contributed by atoms with van der Waals surface area (Å²) in [6.07, 6.45) is 4.73. The van der Waals surface area contributed by atoms with E-state index in [0.717, 1.165) is 16.7 Å². The van der Waals surface area contributed by atoms with E-state index in [0.29, 0.717) is 23.1 Å². The summed E-state index contributed by atoms with van der Waals surface area (Å²) in [6, 6.07) is 8.77. The van der Waals surface area contributed by atoms with E-state index < -0.39 is 9.84 Å². The predicted molar refractivity (Wildman–Crippen MR) is 105 cm³/mol. The standard InChI is InChI=1S/C19H22N2O3S2/c1-13(2)11-21-18(22)12-25-19(21)17-10-20-9-8-16(17)14-4-6-15(7-5-14)26(3,23)24/h4-10,13,19H,11-12H2,1-3H3. The van der Waals surface area contributed by atoms with E-state index in [1.165, 1.54) is 6.26 Å². The van der Waals surface area contributed by atoms with Crippen LogP contribution in [0.15, 0.2) is 47.6 Å². The molecule has 1 amide bonds. The molecule has 1 unspecified atom stereocenters. The molecule has 2 heterocycles. The molecule has 0 radical (unpaired) electrons. The molecule has 0 aliphatic carbocycles. The van der Waals surface area contributed by atoms with Gasteiger partial charge in [0.25, 0.3) is 0 Å². The topological polar surface area (TPSA) is 67.3 Å². The van der Waals surface area contributed by atoms with Crippen LogP contribution < -0.4 is 0 Å². The zero-order valence-electron chi connectivity index (χ0n) is 15.0. The maximum Gasteiger partial charge on any atom is 0.233 e. The van der Waals surface area contributed by atoms with Crippen LogP contribution in [0.1, 0.15) is 24.8 Å². The number of hydrogen-bond acceptors (Lipinski definition) is 5. The van der Waals surface area contributed by atoms with E-state index in [9.17, 15) is 13.2 Å². The summed E-state index contributed by atoms with van der Waals surface area (Å²) < 4.78 is 23.4. The lowest BCUT2D eigenvalue weighted by atomic mass is 10.0. The van der Waals surface area contributed by atoms with Gasteiger partial charge in [-0.2, -0.15) is 0 Å². The maximum absolute atomic E-state index is 12.3. The summed E-state index contributed by atoms with van der Waals surface area (Å²) in [5.41, 5.74) is 2.87. The second-order valence-corrected chi connectivity index (χ2v) is 9.95. The monoisotopic (exact) mass is 390 g/mol. The minimum absolute atomic E-state index is 0.0665. The normalized spacial score (nSPS) is 17.9. The molecule has 1 aliphatic rings. The molecule has 1 aliphatic heterocycles. The van der Waals surface area contributed by atoms with E-state index in [1.54, 1.807) is 30.1 Å². The third-order valence-corrected chi connectivity index (χ3v) is 6.61. The summed E-state index contributed by atoms with van der Waals surface area (Å²) in [5, 5.41) is -0.0665. The number of carbonyl (C=O) groups is 1. The first-order valence-electron chi connectivity index (χ1n) is 8.43. The molecule has 7 heteroatoms. The highest BCUT2D eigenvalue weighted by Gasteiger charge is 2.34. The van der Waals surface area contributed by atoms with Gasteiger partial charge in [0.15, 0.2) is 9.84 Å². The van der Waals surface area contributed by atoms with Gasteiger partial charge in [0.05, 0.1) is 10.6 Å². The molecule has 26 heavy (non-hydrogen) atoms. The van der Waals surface area contributed by atoms with Crippen molar-refractivity contribution in [2.24, 2.45) is 5.92 Å². The number of aromatic nitrogens is 1. The minimum atomic E-state index is -3.23. The summed E-state index contributed by atoms with van der Waals surface area (Å²) in [4.78, 5) is 18.8. The molecule has 0 saturated carbocycles. The first-order valence-corrected chi connectivity index (χ1v) is 11.4. The van der Waals surface area contributed by atoms with Crippen LogP contribution >= 0.6 is 11.8 Å². The average molecular weight is 391 g/mol. The van der Waals surface area contributed by atoms with Gasteiger partial charge in [-0.25, -0.2) is 8.42 Å². The number of nitrogens with zero attached hydrogens (tertiary/aromatic N) is 2. The third-order valence-electron chi connectivity index (χ3n) is 4.24. The number of carbonyl (C=O) groups excluding carboxylic acids is 1. The lowest BCUT2D eigenvalue weighted by Crippen LogP contribution is -2.31. The number of hydrogen-bond donors (Lipinski definition) is 0. The Morgan fingerprint density at radius 1 is 1.23 bits per heavy atom. The van der Waals surface area contributed by atoms with E-state index in [-0.39, 0.29) is 11.3 Å². The minimum Gasteiger partial charge on any atom is -0.325 e. The van der Waals surface area contributed by atoms with Crippen molar-refractivity contribution in [1.82, 2.24) is 9.88 Å². The van der Waals surface area contributed by atoms with Gasteiger partial charge in [-0.15, -0.1) is 11.8 Å². The second kappa shape index (κ2) is 7.40. The molecular formula is C19H22N2O3S2. The van der Waals surface area contributed by atoms with Crippen molar-refractivity contribution in [3.8, 4) is 11.1 Å². The fourth-order valence-corrected chi connectivity index (χ4v) is 4.90. The van der Waals surface area contributed by atoms with Gasteiger partial charge in [-0.05, 0) is 35.2 Å². The first kappa shape index (κ1) is 18.9. The molecule has 1 aromatic carbocycles. The molecular weight excluding hydrogens is 368 g/mol. The summed E-state index contributed by atoms with van der Waals surface area (Å²) in [7, 11) is -3.23. The summed E-state index contributed by atoms with van der Waals surface area (Å²) >= 11 is 1.61. The van der Waals surface area contributed by atoms with Crippen LogP contribution in [0.2, 0.25) is 0 Å². The van der Waals surface area contributed by atoms with Crippen molar-refractivity contribution in [3.05, 3.63) is 48.3 Å². The van der Waals surface area contributed by atoms with Gasteiger partial charge in [0, 0.05) is 30.8 Å². The van der Waals surface area contributed by atoms with Crippen molar-refractivity contribution >= 4 is 27.5 Å². The number of rotatable bonds is 5. The van der Waals surface area contributed by atoms with E-state index in [1.807, 2.05) is 29.3 Å². The zero-order chi connectivity index (χ0) is 18.9. The van der Waals surface area contributed by atoms with Crippen LogP contribution in [0, 0.1) is 5.92 Å². The van der Waals surface area contributed by atoms with Gasteiger partial charge >= 0.3 is 0 Å². The van der Waals surface area contributed by atoms with Crippen molar-refractivity contribution in [2.45, 2.75) is 24.1 Å². The highest BCUT2D eigenvalue weighted by atomic mass is 32.2. The highest BCUT2D eigenvalue weighted by molar-refractivity contribution is 8.00.